The van der Waals surface area contributed by atoms with Gasteiger partial charge in [0.05, 0.1) is 0 Å². The molecular formula is C51H42B3N3O. The largest absolute Gasteiger partial charge is 0.456 e. The molecule has 0 N–H and O–H groups in total. The molecule has 0 aliphatic carbocycles. The summed E-state index contributed by atoms with van der Waals surface area (Å²) in [5.74, 6) is 1.13. The summed E-state index contributed by atoms with van der Waals surface area (Å²) >= 11 is 0. The average Bonchev–Trinajstić information content (AvgIpc) is 3.31. The molecule has 0 aromatic heterocycles. The van der Waals surface area contributed by atoms with Crippen LogP contribution in [0.5, 0.6) is 11.5 Å². The summed E-state index contributed by atoms with van der Waals surface area (Å²) in [6.45, 7) is -1.40. The van der Waals surface area contributed by atoms with Gasteiger partial charge in [-0.2, -0.15) is 0 Å². The maximum atomic E-state index is 8.86. The lowest BCUT2D eigenvalue weighted by Crippen LogP contribution is -2.86. The second-order valence-corrected chi connectivity index (χ2v) is 15.2. The standard InChI is InChI=1S/C51H42B3N3O/c1-51(2)47-35-18-19-37-49(47)58-50-46(34-21-36-48(50)51)39-22-20-27-42(38-39)54-56(44-30-14-6-15-31-44)52(40-23-8-3-9-24-40)55(43-28-12-5-13-29-43)53(41-25-10-4-11-26-41)57(54)45-32-16-7-17-33-45/h3-38H,1-2H3/i1D3. The summed E-state index contributed by atoms with van der Waals surface area (Å²) in [6.07, 6.45) is 0. The Morgan fingerprint density at radius 2 is 0.845 bits per heavy atom. The lowest BCUT2D eigenvalue weighted by atomic mass is 9.37. The Balaban J connectivity index is 1.25. The Hall–Kier alpha value is -6.85. The van der Waals surface area contributed by atoms with Crippen molar-refractivity contribution in [3.05, 3.63) is 230 Å². The summed E-state index contributed by atoms with van der Waals surface area (Å²) in [4.78, 5) is 0. The van der Waals surface area contributed by atoms with Crippen molar-refractivity contribution in [2.45, 2.75) is 19.2 Å². The van der Waals surface area contributed by atoms with Crippen molar-refractivity contribution in [1.29, 1.82) is 0 Å². The highest BCUT2D eigenvalue weighted by Crippen LogP contribution is 2.51. The van der Waals surface area contributed by atoms with Crippen molar-refractivity contribution < 1.29 is 8.85 Å². The van der Waals surface area contributed by atoms with Gasteiger partial charge in [-0.05, 0) is 64.4 Å². The van der Waals surface area contributed by atoms with Crippen molar-refractivity contribution in [1.82, 2.24) is 0 Å². The number of hydrogen-bond acceptors (Lipinski definition) is 4. The fourth-order valence-electron chi connectivity index (χ4n) is 9.02. The van der Waals surface area contributed by atoms with Crippen LogP contribution in [0.25, 0.3) is 11.1 Å². The zero-order chi connectivity index (χ0) is 41.6. The van der Waals surface area contributed by atoms with Gasteiger partial charge in [0.25, 0.3) is 0 Å². The van der Waals surface area contributed by atoms with Gasteiger partial charge < -0.3 is 18.9 Å². The predicted molar refractivity (Wildman–Crippen MR) is 246 cm³/mol. The minimum absolute atomic E-state index is 0.269. The predicted octanol–water partition coefficient (Wildman–Crippen LogP) is 9.80. The SMILES string of the molecule is [2H]C([2H])([2H])C1(C)c2ccccc2Oc2c(-c3cccc(B4N(c5ccccc5)B(c5ccccc5)N(c5ccccc5)B(c5ccccc5)N4c4ccccc4)c3)cccc21. The van der Waals surface area contributed by atoms with Gasteiger partial charge >= 0.3 is 20.9 Å². The van der Waals surface area contributed by atoms with Crippen LogP contribution in [-0.4, -0.2) is 20.9 Å². The summed E-state index contributed by atoms with van der Waals surface area (Å²) in [5, 5.41) is 0. The van der Waals surface area contributed by atoms with Crippen LogP contribution in [0, 0.1) is 0 Å². The van der Waals surface area contributed by atoms with E-state index < -0.39 is 12.3 Å². The average molecular weight is 748 g/mol. The van der Waals surface area contributed by atoms with E-state index in [0.29, 0.717) is 22.6 Å². The van der Waals surface area contributed by atoms with Crippen LogP contribution in [0.4, 0.5) is 17.1 Å². The molecule has 8 aromatic carbocycles. The highest BCUT2D eigenvalue weighted by molar-refractivity contribution is 7.14. The first-order valence-corrected chi connectivity index (χ1v) is 19.9. The molecule has 0 spiro atoms. The van der Waals surface area contributed by atoms with Gasteiger partial charge in [0, 0.05) is 43.3 Å². The van der Waals surface area contributed by atoms with Crippen molar-refractivity contribution in [3.63, 3.8) is 0 Å². The minimum Gasteiger partial charge on any atom is -0.456 e. The lowest BCUT2D eigenvalue weighted by Gasteiger charge is -2.57. The first-order valence-electron chi connectivity index (χ1n) is 21.4. The number of para-hydroxylation sites is 5. The Kier molecular flexibility index (Phi) is 8.29. The van der Waals surface area contributed by atoms with Crippen LogP contribution in [0.2, 0.25) is 0 Å². The van der Waals surface area contributed by atoms with Gasteiger partial charge in [-0.15, -0.1) is 0 Å². The van der Waals surface area contributed by atoms with Crippen LogP contribution in [0.3, 0.4) is 0 Å². The van der Waals surface area contributed by atoms with E-state index in [4.69, 9.17) is 8.85 Å². The van der Waals surface area contributed by atoms with Gasteiger partial charge in [0.1, 0.15) is 11.5 Å². The van der Waals surface area contributed by atoms with E-state index in [1.807, 2.05) is 49.4 Å². The van der Waals surface area contributed by atoms with E-state index in [2.05, 4.69) is 190 Å². The Morgan fingerprint density at radius 3 is 1.36 bits per heavy atom. The molecule has 1 fully saturated rings. The van der Waals surface area contributed by atoms with Crippen molar-refractivity contribution in [2.24, 2.45) is 0 Å². The topological polar surface area (TPSA) is 19.0 Å². The first-order chi connectivity index (χ1) is 29.8. The number of benzene rings is 8. The molecule has 2 heterocycles. The van der Waals surface area contributed by atoms with E-state index >= 15 is 0 Å². The molecule has 10 rings (SSSR count). The fraction of sp³-hybridized carbons (Fsp3) is 0.0588. The van der Waals surface area contributed by atoms with Crippen molar-refractivity contribution >= 4 is 54.4 Å². The quantitative estimate of drug-likeness (QED) is 0.151. The molecule has 0 radical (unpaired) electrons. The molecule has 0 saturated carbocycles. The zero-order valence-electron chi connectivity index (χ0n) is 35.3. The molecule has 1 saturated heterocycles. The monoisotopic (exact) mass is 748 g/mol. The lowest BCUT2D eigenvalue weighted by molar-refractivity contribution is 0.419. The Morgan fingerprint density at radius 1 is 0.431 bits per heavy atom. The van der Waals surface area contributed by atoms with E-state index in [9.17, 15) is 0 Å². The third kappa shape index (κ3) is 6.15. The third-order valence-corrected chi connectivity index (χ3v) is 11.6. The van der Waals surface area contributed by atoms with E-state index in [0.717, 1.165) is 44.6 Å². The molecule has 276 valence electrons. The molecule has 0 amide bonds. The van der Waals surface area contributed by atoms with Gasteiger partial charge in [-0.3, -0.25) is 0 Å². The molecule has 2 aliphatic heterocycles. The number of rotatable bonds is 7. The van der Waals surface area contributed by atoms with Gasteiger partial charge in [0.15, 0.2) is 0 Å². The van der Waals surface area contributed by atoms with Crippen molar-refractivity contribution in [3.8, 4) is 22.6 Å². The van der Waals surface area contributed by atoms with Crippen LogP contribution >= 0.6 is 0 Å². The first kappa shape index (κ1) is 32.3. The second kappa shape index (κ2) is 14.9. The molecule has 58 heavy (non-hydrogen) atoms. The number of anilines is 3. The molecule has 7 heteroatoms. The molecular weight excluding hydrogens is 703 g/mol. The number of hydrogen-bond donors (Lipinski definition) is 0. The van der Waals surface area contributed by atoms with Crippen molar-refractivity contribution in [2.75, 3.05) is 14.2 Å². The summed E-state index contributed by atoms with van der Waals surface area (Å²) < 4.78 is 41.0. The summed E-state index contributed by atoms with van der Waals surface area (Å²) in [6, 6.07) is 75.9. The third-order valence-electron chi connectivity index (χ3n) is 11.6. The molecule has 8 aromatic rings. The second-order valence-electron chi connectivity index (χ2n) is 15.2. The Bertz CT molecular complexity index is 2700. The zero-order valence-corrected chi connectivity index (χ0v) is 32.3. The number of nitrogens with zero attached hydrogens (tertiary/aromatic N) is 3. The van der Waals surface area contributed by atoms with E-state index in [1.165, 1.54) is 0 Å². The van der Waals surface area contributed by atoms with Crippen LogP contribution in [0.1, 0.15) is 29.0 Å². The summed E-state index contributed by atoms with van der Waals surface area (Å²) in [5.41, 5.74) is 8.37. The van der Waals surface area contributed by atoms with Crippen LogP contribution < -0.4 is 35.3 Å². The maximum Gasteiger partial charge on any atom is 0.388 e. The summed E-state index contributed by atoms with van der Waals surface area (Å²) in [7, 11) is 0. The minimum atomic E-state index is -2.33. The highest BCUT2D eigenvalue weighted by Gasteiger charge is 2.55. The van der Waals surface area contributed by atoms with Gasteiger partial charge in [-0.25, -0.2) is 0 Å². The normalized spacial score (nSPS) is 17.1. The van der Waals surface area contributed by atoms with Gasteiger partial charge in [-0.1, -0.05) is 190 Å². The fourth-order valence-corrected chi connectivity index (χ4v) is 9.02. The van der Waals surface area contributed by atoms with Crippen LogP contribution in [0.15, 0.2) is 218 Å². The highest BCUT2D eigenvalue weighted by atomic mass is 16.5. The molecule has 0 bridgehead atoms. The maximum absolute atomic E-state index is 8.86. The molecule has 4 nitrogen and oxygen atoms in total. The van der Waals surface area contributed by atoms with Crippen LogP contribution in [-0.2, 0) is 5.41 Å². The Labute approximate surface area is 347 Å². The van der Waals surface area contributed by atoms with E-state index in [1.54, 1.807) is 0 Å². The number of fused-ring (bicyclic) bond motifs is 2. The van der Waals surface area contributed by atoms with Gasteiger partial charge in [0.2, 0.25) is 0 Å². The molecule has 2 aliphatic rings. The molecule has 1 unspecified atom stereocenters. The number of ether oxygens (including phenoxy) is 1. The van der Waals surface area contributed by atoms with E-state index in [-0.39, 0.29) is 20.9 Å². The smallest absolute Gasteiger partial charge is 0.388 e. The molecule has 1 atom stereocenters.